The molecule has 1 atom stereocenters. The summed E-state index contributed by atoms with van der Waals surface area (Å²) in [7, 11) is 0. The molecule has 1 aliphatic carbocycles. The van der Waals surface area contributed by atoms with Crippen molar-refractivity contribution in [1.82, 2.24) is 14.7 Å². The molecule has 1 saturated heterocycles. The zero-order valence-electron chi connectivity index (χ0n) is 14.8. The summed E-state index contributed by atoms with van der Waals surface area (Å²) in [6.45, 7) is 2.21. The number of fused-ring (bicyclic) bond motifs is 1. The summed E-state index contributed by atoms with van der Waals surface area (Å²) in [6.07, 6.45) is 9.83. The van der Waals surface area contributed by atoms with E-state index >= 15 is 0 Å². The number of hydrogen-bond acceptors (Lipinski definition) is 4. The molecule has 0 radical (unpaired) electrons. The second kappa shape index (κ2) is 7.26. The highest BCUT2D eigenvalue weighted by atomic mass is 16.1. The fraction of sp³-hybridized carbons (Fsp3) is 0.600. The van der Waals surface area contributed by atoms with Crippen LogP contribution >= 0.6 is 0 Å². The van der Waals surface area contributed by atoms with Crippen LogP contribution in [0.3, 0.4) is 0 Å². The molecule has 2 fully saturated rings. The molecule has 0 unspecified atom stereocenters. The number of likely N-dealkylation sites (tertiary alicyclic amines) is 1. The molecule has 2 N–H and O–H groups in total. The standard InChI is InChI=1S/C20H28N4O/c21-16-6-3-4-12-23(14-16)17-8-10-18(11-9-17)24-20(25)19-7-2-1-5-15(19)13-22-24/h1-2,5,7,13,16-18H,3-4,6,8-12,14,21H2/t16-,17?,18?/m0/s1. The zero-order chi connectivity index (χ0) is 17.2. The van der Waals surface area contributed by atoms with E-state index in [0.717, 1.165) is 49.4 Å². The lowest BCUT2D eigenvalue weighted by Crippen LogP contribution is -2.44. The number of nitrogens with two attached hydrogens (primary N) is 1. The Morgan fingerprint density at radius 3 is 2.60 bits per heavy atom. The van der Waals surface area contributed by atoms with Gasteiger partial charge in [-0.25, -0.2) is 4.68 Å². The Labute approximate surface area is 148 Å². The Balaban J connectivity index is 1.47. The van der Waals surface area contributed by atoms with Crippen molar-refractivity contribution >= 4 is 10.8 Å². The van der Waals surface area contributed by atoms with Gasteiger partial charge in [0.1, 0.15) is 0 Å². The van der Waals surface area contributed by atoms with E-state index in [2.05, 4.69) is 10.00 Å². The van der Waals surface area contributed by atoms with Crippen LogP contribution in [0.5, 0.6) is 0 Å². The first-order valence-electron chi connectivity index (χ1n) is 9.68. The molecule has 0 amide bonds. The lowest BCUT2D eigenvalue weighted by molar-refractivity contribution is 0.133. The van der Waals surface area contributed by atoms with E-state index in [4.69, 9.17) is 5.73 Å². The largest absolute Gasteiger partial charge is 0.327 e. The van der Waals surface area contributed by atoms with E-state index in [-0.39, 0.29) is 11.6 Å². The lowest BCUT2D eigenvalue weighted by Gasteiger charge is -2.37. The highest BCUT2D eigenvalue weighted by molar-refractivity contribution is 5.80. The number of rotatable bonds is 2. The van der Waals surface area contributed by atoms with Crippen LogP contribution in [0.2, 0.25) is 0 Å². The average Bonchev–Trinajstić information content (AvgIpc) is 2.87. The molecule has 5 nitrogen and oxygen atoms in total. The van der Waals surface area contributed by atoms with E-state index in [0.29, 0.717) is 12.1 Å². The van der Waals surface area contributed by atoms with Gasteiger partial charge in [0.15, 0.2) is 0 Å². The number of hydrogen-bond donors (Lipinski definition) is 1. The van der Waals surface area contributed by atoms with Crippen molar-refractivity contribution in [3.8, 4) is 0 Å². The highest BCUT2D eigenvalue weighted by Gasteiger charge is 2.29. The van der Waals surface area contributed by atoms with Crippen molar-refractivity contribution in [2.24, 2.45) is 5.73 Å². The minimum atomic E-state index is 0.0540. The summed E-state index contributed by atoms with van der Waals surface area (Å²) < 4.78 is 1.73. The lowest BCUT2D eigenvalue weighted by atomic mass is 9.90. The third-order valence-electron chi connectivity index (χ3n) is 5.99. The maximum absolute atomic E-state index is 12.8. The Morgan fingerprint density at radius 1 is 1.00 bits per heavy atom. The van der Waals surface area contributed by atoms with Gasteiger partial charge in [-0.1, -0.05) is 24.6 Å². The van der Waals surface area contributed by atoms with Gasteiger partial charge < -0.3 is 5.73 Å². The monoisotopic (exact) mass is 340 g/mol. The van der Waals surface area contributed by atoms with Gasteiger partial charge in [0.25, 0.3) is 5.56 Å². The maximum atomic E-state index is 12.8. The maximum Gasteiger partial charge on any atom is 0.274 e. The predicted molar refractivity (Wildman–Crippen MR) is 101 cm³/mol. The molecule has 2 aromatic rings. The van der Waals surface area contributed by atoms with Crippen LogP contribution in [-0.2, 0) is 0 Å². The first-order chi connectivity index (χ1) is 12.2. The molecule has 4 rings (SSSR count). The van der Waals surface area contributed by atoms with Crippen LogP contribution in [0.4, 0.5) is 0 Å². The van der Waals surface area contributed by atoms with E-state index in [1.165, 1.54) is 19.4 Å². The molecule has 1 aromatic carbocycles. The van der Waals surface area contributed by atoms with Crippen LogP contribution in [0.25, 0.3) is 10.8 Å². The highest BCUT2D eigenvalue weighted by Crippen LogP contribution is 2.31. The fourth-order valence-electron chi connectivity index (χ4n) is 4.57. The van der Waals surface area contributed by atoms with Crippen molar-refractivity contribution in [3.05, 3.63) is 40.8 Å². The predicted octanol–water partition coefficient (Wildman–Crippen LogP) is 2.69. The van der Waals surface area contributed by atoms with Gasteiger partial charge in [-0.05, 0) is 51.1 Å². The van der Waals surface area contributed by atoms with Crippen LogP contribution in [-0.4, -0.2) is 39.9 Å². The molecule has 1 saturated carbocycles. The van der Waals surface area contributed by atoms with Gasteiger partial charge in [0.2, 0.25) is 0 Å². The Hall–Kier alpha value is -1.72. The van der Waals surface area contributed by atoms with Gasteiger partial charge in [0, 0.05) is 24.0 Å². The molecule has 0 spiro atoms. The SMILES string of the molecule is N[C@H]1CCCCN(C2CCC(n3ncc4ccccc4c3=O)CC2)C1. The molecular formula is C20H28N4O. The van der Waals surface area contributed by atoms with Crippen molar-refractivity contribution in [1.29, 1.82) is 0 Å². The first-order valence-corrected chi connectivity index (χ1v) is 9.68. The summed E-state index contributed by atoms with van der Waals surface area (Å²) in [5, 5.41) is 6.17. The van der Waals surface area contributed by atoms with Gasteiger partial charge in [-0.3, -0.25) is 9.69 Å². The van der Waals surface area contributed by atoms with Crippen molar-refractivity contribution in [3.63, 3.8) is 0 Å². The van der Waals surface area contributed by atoms with E-state index in [1.807, 2.05) is 30.5 Å². The Morgan fingerprint density at radius 2 is 1.76 bits per heavy atom. The van der Waals surface area contributed by atoms with Gasteiger partial charge in [-0.15, -0.1) is 0 Å². The summed E-state index contributed by atoms with van der Waals surface area (Å²) in [5.74, 6) is 0. The molecule has 2 aliphatic rings. The molecule has 5 heteroatoms. The second-order valence-electron chi connectivity index (χ2n) is 7.69. The number of aromatic nitrogens is 2. The van der Waals surface area contributed by atoms with Gasteiger partial charge >= 0.3 is 0 Å². The Bertz CT molecular complexity index is 779. The third kappa shape index (κ3) is 3.48. The molecule has 25 heavy (non-hydrogen) atoms. The summed E-state index contributed by atoms with van der Waals surface area (Å²) >= 11 is 0. The number of nitrogens with zero attached hydrogens (tertiary/aromatic N) is 3. The molecule has 2 heterocycles. The summed E-state index contributed by atoms with van der Waals surface area (Å²) in [4.78, 5) is 15.4. The Kier molecular flexibility index (Phi) is 4.86. The quantitative estimate of drug-likeness (QED) is 0.913. The smallest absolute Gasteiger partial charge is 0.274 e. The van der Waals surface area contributed by atoms with E-state index in [9.17, 15) is 4.79 Å². The van der Waals surface area contributed by atoms with Crippen molar-refractivity contribution in [2.45, 2.75) is 63.1 Å². The molecule has 1 aliphatic heterocycles. The minimum absolute atomic E-state index is 0.0540. The zero-order valence-corrected chi connectivity index (χ0v) is 14.8. The van der Waals surface area contributed by atoms with Gasteiger partial charge in [-0.2, -0.15) is 5.10 Å². The summed E-state index contributed by atoms with van der Waals surface area (Å²) in [6, 6.07) is 8.90. The van der Waals surface area contributed by atoms with E-state index < -0.39 is 0 Å². The fourth-order valence-corrected chi connectivity index (χ4v) is 4.57. The number of benzene rings is 1. The summed E-state index contributed by atoms with van der Waals surface area (Å²) in [5.41, 5.74) is 6.28. The average molecular weight is 340 g/mol. The van der Waals surface area contributed by atoms with Crippen LogP contribution in [0.1, 0.15) is 51.0 Å². The van der Waals surface area contributed by atoms with Crippen LogP contribution < -0.4 is 11.3 Å². The van der Waals surface area contributed by atoms with Gasteiger partial charge in [0.05, 0.1) is 17.6 Å². The van der Waals surface area contributed by atoms with Crippen LogP contribution in [0, 0.1) is 0 Å². The van der Waals surface area contributed by atoms with Crippen LogP contribution in [0.15, 0.2) is 35.3 Å². The molecule has 134 valence electrons. The first kappa shape index (κ1) is 16.7. The normalized spacial score (nSPS) is 28.8. The van der Waals surface area contributed by atoms with E-state index in [1.54, 1.807) is 4.68 Å². The minimum Gasteiger partial charge on any atom is -0.327 e. The molecule has 1 aromatic heterocycles. The van der Waals surface area contributed by atoms with Crippen molar-refractivity contribution in [2.75, 3.05) is 13.1 Å². The molecule has 0 bridgehead atoms. The topological polar surface area (TPSA) is 64.2 Å². The third-order valence-corrected chi connectivity index (χ3v) is 5.99. The van der Waals surface area contributed by atoms with Crippen molar-refractivity contribution < 1.29 is 0 Å². The molecular weight excluding hydrogens is 312 g/mol. The second-order valence-corrected chi connectivity index (χ2v) is 7.69.